The van der Waals surface area contributed by atoms with E-state index in [-0.39, 0.29) is 21.6 Å². The molecular formula is C16H24ClN3O4S. The second-order valence-corrected chi connectivity index (χ2v) is 9.66. The van der Waals surface area contributed by atoms with E-state index in [4.69, 9.17) is 20.9 Å². The molecule has 1 aromatic rings. The fourth-order valence-electron chi connectivity index (χ4n) is 3.79. The molecule has 2 aliphatic heterocycles. The largest absolute Gasteiger partial charge is 0.379 e. The van der Waals surface area contributed by atoms with E-state index in [1.807, 2.05) is 0 Å². The smallest absolute Gasteiger partial charge is 0.284 e. The minimum Gasteiger partial charge on any atom is -0.379 e. The van der Waals surface area contributed by atoms with Crippen molar-refractivity contribution in [3.05, 3.63) is 10.7 Å². The third-order valence-electron chi connectivity index (χ3n) is 5.74. The molecule has 3 fully saturated rings. The minimum absolute atomic E-state index is 0.0141. The number of nitrogens with zero attached hydrogens (tertiary/aromatic N) is 3. The van der Waals surface area contributed by atoms with Gasteiger partial charge in [-0.05, 0) is 32.6 Å². The van der Waals surface area contributed by atoms with Crippen LogP contribution in [0.3, 0.4) is 0 Å². The predicted molar refractivity (Wildman–Crippen MR) is 92.3 cm³/mol. The van der Waals surface area contributed by atoms with Crippen LogP contribution in [0.15, 0.2) is 9.62 Å². The number of aromatic nitrogens is 1. The van der Waals surface area contributed by atoms with Crippen LogP contribution in [0.1, 0.15) is 44.2 Å². The van der Waals surface area contributed by atoms with Crippen LogP contribution in [0.25, 0.3) is 0 Å². The maximum atomic E-state index is 12.9. The molecule has 0 N–H and O–H groups in total. The van der Waals surface area contributed by atoms with Gasteiger partial charge in [0.15, 0.2) is 0 Å². The molecule has 0 aromatic carbocycles. The average molecular weight is 390 g/mol. The fraction of sp³-hybridized carbons (Fsp3) is 0.812. The summed E-state index contributed by atoms with van der Waals surface area (Å²) in [6, 6.07) is 0. The maximum absolute atomic E-state index is 12.9. The molecule has 3 aliphatic rings. The van der Waals surface area contributed by atoms with Gasteiger partial charge in [-0.3, -0.25) is 4.90 Å². The Kier molecular flexibility index (Phi) is 4.60. The Balaban J connectivity index is 1.47. The molecule has 0 amide bonds. The highest BCUT2D eigenvalue weighted by Gasteiger charge is 2.42. The van der Waals surface area contributed by atoms with Crippen molar-refractivity contribution >= 4 is 21.6 Å². The summed E-state index contributed by atoms with van der Waals surface area (Å²) in [6.07, 6.45) is 3.56. The van der Waals surface area contributed by atoms with Gasteiger partial charge in [0.1, 0.15) is 10.7 Å². The van der Waals surface area contributed by atoms with Gasteiger partial charge in [-0.1, -0.05) is 16.8 Å². The summed E-state index contributed by atoms with van der Waals surface area (Å²) in [7, 11) is -3.73. The van der Waals surface area contributed by atoms with Crippen molar-refractivity contribution in [1.29, 1.82) is 0 Å². The van der Waals surface area contributed by atoms with Crippen LogP contribution in [0.4, 0.5) is 0 Å². The number of rotatable bonds is 4. The second kappa shape index (κ2) is 6.49. The summed E-state index contributed by atoms with van der Waals surface area (Å²) in [4.78, 5) is 2.42. The van der Waals surface area contributed by atoms with E-state index in [0.717, 1.165) is 52.0 Å². The first-order valence-corrected chi connectivity index (χ1v) is 10.7. The summed E-state index contributed by atoms with van der Waals surface area (Å²) >= 11 is 6.26. The van der Waals surface area contributed by atoms with Gasteiger partial charge in [0.05, 0.1) is 13.2 Å². The third-order valence-corrected chi connectivity index (χ3v) is 8.01. The fourth-order valence-corrected chi connectivity index (χ4v) is 5.67. The molecule has 140 valence electrons. The molecule has 0 unspecified atom stereocenters. The van der Waals surface area contributed by atoms with Crippen molar-refractivity contribution in [3.8, 4) is 0 Å². The zero-order valence-corrected chi connectivity index (χ0v) is 16.0. The van der Waals surface area contributed by atoms with Crippen LogP contribution in [0.2, 0.25) is 5.02 Å². The van der Waals surface area contributed by atoms with Gasteiger partial charge in [0, 0.05) is 37.6 Å². The number of piperidine rings is 1. The van der Waals surface area contributed by atoms with Crippen molar-refractivity contribution in [3.63, 3.8) is 0 Å². The number of ether oxygens (including phenoxy) is 1. The Morgan fingerprint density at radius 3 is 2.40 bits per heavy atom. The lowest BCUT2D eigenvalue weighted by Crippen LogP contribution is -2.57. The molecule has 0 spiro atoms. The minimum atomic E-state index is -3.73. The highest BCUT2D eigenvalue weighted by molar-refractivity contribution is 7.89. The molecule has 0 radical (unpaired) electrons. The quantitative estimate of drug-likeness (QED) is 0.784. The summed E-state index contributed by atoms with van der Waals surface area (Å²) in [5, 5.41) is 3.89. The Hall–Kier alpha value is -0.670. The van der Waals surface area contributed by atoms with E-state index >= 15 is 0 Å². The van der Waals surface area contributed by atoms with E-state index in [0.29, 0.717) is 18.8 Å². The lowest BCUT2D eigenvalue weighted by molar-refractivity contribution is -0.0329. The van der Waals surface area contributed by atoms with Crippen LogP contribution in [-0.2, 0) is 14.8 Å². The molecular weight excluding hydrogens is 366 g/mol. The van der Waals surface area contributed by atoms with Gasteiger partial charge in [0.25, 0.3) is 15.1 Å². The average Bonchev–Trinajstić information content (AvgIpc) is 3.38. The van der Waals surface area contributed by atoms with Crippen LogP contribution in [0.5, 0.6) is 0 Å². The number of halogens is 1. The second-order valence-electron chi connectivity index (χ2n) is 7.44. The predicted octanol–water partition coefficient (Wildman–Crippen LogP) is 2.08. The first-order valence-electron chi connectivity index (χ1n) is 8.90. The maximum Gasteiger partial charge on any atom is 0.284 e. The van der Waals surface area contributed by atoms with Crippen molar-refractivity contribution in [2.24, 2.45) is 0 Å². The zero-order valence-electron chi connectivity index (χ0n) is 14.4. The van der Waals surface area contributed by atoms with Crippen molar-refractivity contribution in [1.82, 2.24) is 14.4 Å². The van der Waals surface area contributed by atoms with Gasteiger partial charge in [-0.25, -0.2) is 8.42 Å². The summed E-state index contributed by atoms with van der Waals surface area (Å²) in [6.45, 7) is 6.45. The number of hydrogen-bond acceptors (Lipinski definition) is 6. The van der Waals surface area contributed by atoms with E-state index in [2.05, 4.69) is 17.0 Å². The van der Waals surface area contributed by atoms with E-state index < -0.39 is 10.0 Å². The van der Waals surface area contributed by atoms with Crippen LogP contribution < -0.4 is 0 Å². The van der Waals surface area contributed by atoms with E-state index in [9.17, 15) is 8.42 Å². The van der Waals surface area contributed by atoms with E-state index in [1.165, 1.54) is 4.31 Å². The molecule has 0 atom stereocenters. The van der Waals surface area contributed by atoms with Gasteiger partial charge < -0.3 is 9.26 Å². The monoisotopic (exact) mass is 389 g/mol. The topological polar surface area (TPSA) is 75.9 Å². The molecule has 3 heterocycles. The van der Waals surface area contributed by atoms with Gasteiger partial charge in [-0.15, -0.1) is 0 Å². The molecule has 2 saturated heterocycles. The number of sulfonamides is 1. The van der Waals surface area contributed by atoms with Crippen LogP contribution >= 0.6 is 11.6 Å². The lowest BCUT2D eigenvalue weighted by atomic mass is 9.88. The van der Waals surface area contributed by atoms with Gasteiger partial charge in [0.2, 0.25) is 0 Å². The summed E-state index contributed by atoms with van der Waals surface area (Å²) < 4.78 is 37.9. The van der Waals surface area contributed by atoms with Crippen LogP contribution in [0, 0.1) is 0 Å². The van der Waals surface area contributed by atoms with E-state index in [1.54, 1.807) is 0 Å². The molecule has 1 aromatic heterocycles. The van der Waals surface area contributed by atoms with Gasteiger partial charge >= 0.3 is 0 Å². The molecule has 1 aliphatic carbocycles. The Bertz CT molecular complexity index is 733. The third kappa shape index (κ3) is 3.23. The van der Waals surface area contributed by atoms with Crippen LogP contribution in [-0.4, -0.2) is 67.7 Å². The summed E-state index contributed by atoms with van der Waals surface area (Å²) in [5.41, 5.74) is 0.607. The van der Waals surface area contributed by atoms with Gasteiger partial charge in [-0.2, -0.15) is 4.31 Å². The molecule has 0 bridgehead atoms. The SMILES string of the molecule is CC1(N2CCOCC2)CCN(S(=O)(=O)c2onc(C3CC3)c2Cl)CC1. The lowest BCUT2D eigenvalue weighted by Gasteiger charge is -2.47. The molecule has 7 nitrogen and oxygen atoms in total. The highest BCUT2D eigenvalue weighted by Crippen LogP contribution is 2.45. The first-order chi connectivity index (χ1) is 11.9. The van der Waals surface area contributed by atoms with Crippen molar-refractivity contribution < 1.29 is 17.7 Å². The highest BCUT2D eigenvalue weighted by atomic mass is 35.5. The molecule has 1 saturated carbocycles. The Morgan fingerprint density at radius 2 is 1.80 bits per heavy atom. The van der Waals surface area contributed by atoms with Crippen molar-refractivity contribution in [2.45, 2.75) is 49.2 Å². The molecule has 9 heteroatoms. The number of hydrogen-bond donors (Lipinski definition) is 0. The standard InChI is InChI=1S/C16H24ClN3O4S/c1-16(19-8-10-23-11-9-19)4-6-20(7-5-16)25(21,22)15-13(17)14(18-24-15)12-2-3-12/h12H,2-11H2,1H3. The zero-order chi connectivity index (χ0) is 17.7. The van der Waals surface area contributed by atoms with Crippen molar-refractivity contribution in [2.75, 3.05) is 39.4 Å². The number of morpholine rings is 1. The Morgan fingerprint density at radius 1 is 1.16 bits per heavy atom. The molecule has 4 rings (SSSR count). The summed E-state index contributed by atoms with van der Waals surface area (Å²) in [5.74, 6) is 0.256. The first kappa shape index (κ1) is 17.7. The Labute approximate surface area is 153 Å². The normalized spacial score (nSPS) is 26.0. The molecule has 25 heavy (non-hydrogen) atoms.